The van der Waals surface area contributed by atoms with Gasteiger partial charge in [0.2, 0.25) is 11.8 Å². The zero-order valence-electron chi connectivity index (χ0n) is 19.8. The Hall–Kier alpha value is -3.68. The lowest BCUT2D eigenvalue weighted by atomic mass is 9.74. The van der Waals surface area contributed by atoms with Gasteiger partial charge in [-0.25, -0.2) is 19.2 Å². The minimum Gasteiger partial charge on any atom is -0.480 e. The lowest BCUT2D eigenvalue weighted by Crippen LogP contribution is -2.46. The molecule has 4 aliphatic heterocycles. The van der Waals surface area contributed by atoms with Crippen molar-refractivity contribution in [2.45, 2.75) is 31.8 Å². The number of carbonyl (C=O) groups excluding carboxylic acids is 5. The fourth-order valence-electron chi connectivity index (χ4n) is 4.94. The summed E-state index contributed by atoms with van der Waals surface area (Å²) in [5.41, 5.74) is 0.856. The maximum Gasteiger partial charge on any atom is 0.339 e. The third-order valence-corrected chi connectivity index (χ3v) is 6.44. The van der Waals surface area contributed by atoms with Crippen LogP contribution in [0.5, 0.6) is 0 Å². The van der Waals surface area contributed by atoms with Crippen LogP contribution in [0.25, 0.3) is 0 Å². The van der Waals surface area contributed by atoms with Gasteiger partial charge in [-0.15, -0.1) is 0 Å². The number of likely N-dealkylation sites (tertiary alicyclic amines) is 1. The molecular formula is C24H25NO12. The molecule has 4 unspecified atom stereocenters. The van der Waals surface area contributed by atoms with Crippen LogP contribution in [-0.4, -0.2) is 90.4 Å². The molecule has 4 heterocycles. The predicted octanol–water partition coefficient (Wildman–Crippen LogP) is -0.696. The number of fused-ring (bicyclic) bond motifs is 5. The van der Waals surface area contributed by atoms with Crippen LogP contribution in [-0.2, 0) is 59.0 Å². The number of benzene rings is 1. The lowest BCUT2D eigenvalue weighted by molar-refractivity contribution is -0.174. The summed E-state index contributed by atoms with van der Waals surface area (Å²) in [6, 6.07) is 9.25. The molecule has 37 heavy (non-hydrogen) atoms. The van der Waals surface area contributed by atoms with Crippen molar-refractivity contribution in [2.24, 2.45) is 17.8 Å². The first-order valence-corrected chi connectivity index (χ1v) is 11.5. The summed E-state index contributed by atoms with van der Waals surface area (Å²) in [6.07, 6.45) is -1.88. The van der Waals surface area contributed by atoms with E-state index in [2.05, 4.69) is 9.47 Å². The second-order valence-corrected chi connectivity index (χ2v) is 8.90. The maximum absolute atomic E-state index is 13.0. The molecule has 5 rings (SSSR count). The average Bonchev–Trinajstić information content (AvgIpc) is 3.46. The van der Waals surface area contributed by atoms with Crippen LogP contribution in [0, 0.1) is 17.8 Å². The molecule has 0 spiro atoms. The third-order valence-electron chi connectivity index (χ3n) is 6.44. The molecule has 13 heteroatoms. The molecule has 4 saturated heterocycles. The highest BCUT2D eigenvalue weighted by atomic mass is 16.6. The van der Waals surface area contributed by atoms with Gasteiger partial charge in [-0.2, -0.15) is 0 Å². The van der Waals surface area contributed by atoms with Gasteiger partial charge in [-0.3, -0.25) is 14.5 Å². The van der Waals surface area contributed by atoms with Gasteiger partial charge in [0.05, 0.1) is 24.5 Å². The van der Waals surface area contributed by atoms with Crippen molar-refractivity contribution in [2.75, 3.05) is 26.4 Å². The zero-order valence-corrected chi connectivity index (χ0v) is 19.8. The Morgan fingerprint density at radius 1 is 0.973 bits per heavy atom. The van der Waals surface area contributed by atoms with Crippen molar-refractivity contribution in [3.8, 4) is 0 Å². The first kappa shape index (κ1) is 26.4. The second kappa shape index (κ2) is 11.2. The summed E-state index contributed by atoms with van der Waals surface area (Å²) in [4.78, 5) is 69.8. The molecule has 13 nitrogen and oxygen atoms in total. The average molecular weight is 519 g/mol. The molecular weight excluding hydrogens is 494 g/mol. The van der Waals surface area contributed by atoms with Gasteiger partial charge >= 0.3 is 23.9 Å². The summed E-state index contributed by atoms with van der Waals surface area (Å²) in [5.74, 6) is -5.21. The SMILES string of the molecule is C[C@H]1C(OC(=O)COCC(=O)O)C2O[C@H]1C1C(=O)N(Cc3ccccc3)C(=O)C21.O=C1COCC(=O)O1. The first-order chi connectivity index (χ1) is 17.7. The molecule has 0 aromatic heterocycles. The van der Waals surface area contributed by atoms with E-state index >= 15 is 0 Å². The number of imide groups is 1. The number of esters is 3. The zero-order chi connectivity index (χ0) is 26.7. The van der Waals surface area contributed by atoms with Crippen LogP contribution < -0.4 is 0 Å². The summed E-state index contributed by atoms with van der Waals surface area (Å²) < 4.78 is 24.6. The summed E-state index contributed by atoms with van der Waals surface area (Å²) in [6.45, 7) is 0.691. The van der Waals surface area contributed by atoms with Crippen molar-refractivity contribution < 1.29 is 57.6 Å². The molecule has 6 atom stereocenters. The molecule has 1 aromatic rings. The van der Waals surface area contributed by atoms with Gasteiger partial charge in [0.1, 0.15) is 38.6 Å². The molecule has 4 aliphatic rings. The molecule has 0 aliphatic carbocycles. The first-order valence-electron chi connectivity index (χ1n) is 11.5. The number of carboxylic acids is 1. The summed E-state index contributed by atoms with van der Waals surface area (Å²) in [7, 11) is 0. The van der Waals surface area contributed by atoms with Crippen molar-refractivity contribution in [1.29, 1.82) is 0 Å². The van der Waals surface area contributed by atoms with Crippen molar-refractivity contribution in [1.82, 2.24) is 4.90 Å². The number of cyclic esters (lactones) is 2. The lowest BCUT2D eigenvalue weighted by Gasteiger charge is -2.29. The fourth-order valence-corrected chi connectivity index (χ4v) is 4.94. The van der Waals surface area contributed by atoms with E-state index in [0.717, 1.165) is 5.56 Å². The molecule has 2 bridgehead atoms. The number of carbonyl (C=O) groups is 6. The number of hydrogen-bond acceptors (Lipinski definition) is 11. The Morgan fingerprint density at radius 3 is 2.16 bits per heavy atom. The predicted molar refractivity (Wildman–Crippen MR) is 117 cm³/mol. The normalized spacial score (nSPS) is 29.9. The number of carboxylic acid groups (broad SMARTS) is 1. The Kier molecular flexibility index (Phi) is 7.95. The minimum atomic E-state index is -1.19. The van der Waals surface area contributed by atoms with Crippen LogP contribution in [0.1, 0.15) is 12.5 Å². The largest absolute Gasteiger partial charge is 0.480 e. The van der Waals surface area contributed by atoms with Crippen molar-refractivity contribution >= 4 is 35.7 Å². The summed E-state index contributed by atoms with van der Waals surface area (Å²) in [5, 5.41) is 8.55. The quantitative estimate of drug-likeness (QED) is 0.273. The van der Waals surface area contributed by atoms with E-state index in [9.17, 15) is 28.8 Å². The van der Waals surface area contributed by atoms with E-state index in [0.29, 0.717) is 0 Å². The third kappa shape index (κ3) is 5.68. The van der Waals surface area contributed by atoms with Crippen molar-refractivity contribution in [3.63, 3.8) is 0 Å². The molecule has 1 N–H and O–H groups in total. The number of amides is 2. The number of hydrogen-bond donors (Lipinski definition) is 1. The highest BCUT2D eigenvalue weighted by Gasteiger charge is 2.68. The van der Waals surface area contributed by atoms with Crippen LogP contribution in [0.4, 0.5) is 0 Å². The number of aliphatic carboxylic acids is 1. The van der Waals surface area contributed by atoms with Crippen LogP contribution in [0.2, 0.25) is 0 Å². The van der Waals surface area contributed by atoms with E-state index in [1.54, 1.807) is 0 Å². The van der Waals surface area contributed by atoms with Gasteiger partial charge in [-0.1, -0.05) is 37.3 Å². The molecule has 198 valence electrons. The Morgan fingerprint density at radius 2 is 1.59 bits per heavy atom. The van der Waals surface area contributed by atoms with Gasteiger partial charge < -0.3 is 28.8 Å². The monoisotopic (exact) mass is 519 g/mol. The van der Waals surface area contributed by atoms with Crippen LogP contribution in [0.15, 0.2) is 30.3 Å². The Bertz CT molecular complexity index is 1070. The van der Waals surface area contributed by atoms with E-state index in [4.69, 9.17) is 19.3 Å². The van der Waals surface area contributed by atoms with Crippen LogP contribution >= 0.6 is 0 Å². The van der Waals surface area contributed by atoms with E-state index < -0.39 is 67.2 Å². The maximum atomic E-state index is 13.0. The van der Waals surface area contributed by atoms with E-state index in [-0.39, 0.29) is 37.5 Å². The van der Waals surface area contributed by atoms with Gasteiger partial charge in [0, 0.05) is 5.92 Å². The highest BCUT2D eigenvalue weighted by molar-refractivity contribution is 6.06. The number of rotatable bonds is 7. The summed E-state index contributed by atoms with van der Waals surface area (Å²) >= 11 is 0. The highest BCUT2D eigenvalue weighted by Crippen LogP contribution is 2.52. The number of nitrogens with zero attached hydrogens (tertiary/aromatic N) is 1. The number of ether oxygens (including phenoxy) is 5. The topological polar surface area (TPSA) is 172 Å². The molecule has 1 aromatic carbocycles. The van der Waals surface area contributed by atoms with Crippen molar-refractivity contribution in [3.05, 3.63) is 35.9 Å². The minimum absolute atomic E-state index is 0.105. The molecule has 4 fully saturated rings. The van der Waals surface area contributed by atoms with Gasteiger partial charge in [0.15, 0.2) is 0 Å². The smallest absolute Gasteiger partial charge is 0.339 e. The van der Waals surface area contributed by atoms with E-state index in [1.807, 2.05) is 37.3 Å². The fraction of sp³-hybridized carbons (Fsp3) is 0.500. The van der Waals surface area contributed by atoms with Crippen LogP contribution in [0.3, 0.4) is 0 Å². The van der Waals surface area contributed by atoms with Gasteiger partial charge in [-0.05, 0) is 5.56 Å². The van der Waals surface area contributed by atoms with Gasteiger partial charge in [0.25, 0.3) is 0 Å². The standard InChI is InChI=1S/C20H21NO8.C4H4O4/c1-10-16-14-15(18(29-16)17(10)28-13(24)9-27-8-12(22)23)20(26)21(19(14)25)7-11-5-3-2-4-6-11;5-3-1-7-2-4(6)8-3/h2-6,10,14-18H,7-9H2,1H3,(H,22,23);1-2H2/t10-,14?,15?,16-,17?,18?;/m1./s1. The Balaban J connectivity index is 0.000000342. The Labute approximate surface area is 210 Å². The molecule has 2 amide bonds. The second-order valence-electron chi connectivity index (χ2n) is 8.90. The molecule has 0 radical (unpaired) electrons. The van der Waals surface area contributed by atoms with E-state index in [1.165, 1.54) is 4.90 Å². The molecule has 0 saturated carbocycles.